The Morgan fingerprint density at radius 3 is 2.27 bits per heavy atom. The SMILES string of the molecule is CCOC(=O)c1c(N(C(C)=O)C(C)=O)n(CCCOC)c2nc3ccccc3nc12. The number of ether oxygens (including phenoxy) is 2. The third-order valence-corrected chi connectivity index (χ3v) is 4.58. The van der Waals surface area contributed by atoms with E-state index in [1.165, 1.54) is 13.8 Å². The Balaban J connectivity index is 2.42. The maximum atomic E-state index is 12.9. The molecule has 2 amide bonds. The summed E-state index contributed by atoms with van der Waals surface area (Å²) >= 11 is 0. The first-order valence-corrected chi connectivity index (χ1v) is 9.67. The molecule has 1 aromatic carbocycles. The first kappa shape index (κ1) is 21.4. The van der Waals surface area contributed by atoms with Crippen molar-refractivity contribution in [2.75, 3.05) is 25.2 Å². The van der Waals surface area contributed by atoms with Gasteiger partial charge >= 0.3 is 5.97 Å². The number of nitrogens with zero attached hydrogens (tertiary/aromatic N) is 4. The second-order valence-electron chi connectivity index (χ2n) is 6.68. The second kappa shape index (κ2) is 9.00. The highest BCUT2D eigenvalue weighted by atomic mass is 16.5. The lowest BCUT2D eigenvalue weighted by Crippen LogP contribution is -2.36. The van der Waals surface area contributed by atoms with Gasteiger partial charge in [-0.15, -0.1) is 0 Å². The summed E-state index contributed by atoms with van der Waals surface area (Å²) < 4.78 is 12.1. The molecule has 30 heavy (non-hydrogen) atoms. The lowest BCUT2D eigenvalue weighted by molar-refractivity contribution is -0.124. The number of para-hydroxylation sites is 2. The molecule has 0 saturated carbocycles. The van der Waals surface area contributed by atoms with E-state index in [2.05, 4.69) is 9.97 Å². The van der Waals surface area contributed by atoms with E-state index < -0.39 is 17.8 Å². The van der Waals surface area contributed by atoms with Crippen LogP contribution in [0.2, 0.25) is 0 Å². The van der Waals surface area contributed by atoms with E-state index in [0.29, 0.717) is 36.3 Å². The van der Waals surface area contributed by atoms with Gasteiger partial charge in [0.2, 0.25) is 11.8 Å². The van der Waals surface area contributed by atoms with Crippen molar-refractivity contribution < 1.29 is 23.9 Å². The van der Waals surface area contributed by atoms with Crippen molar-refractivity contribution in [1.82, 2.24) is 14.5 Å². The van der Waals surface area contributed by atoms with Crippen molar-refractivity contribution in [3.63, 3.8) is 0 Å². The molecule has 2 heterocycles. The second-order valence-corrected chi connectivity index (χ2v) is 6.68. The van der Waals surface area contributed by atoms with E-state index in [1.807, 2.05) is 18.2 Å². The van der Waals surface area contributed by atoms with Gasteiger partial charge in [0.1, 0.15) is 16.9 Å². The van der Waals surface area contributed by atoms with Gasteiger partial charge in [0.15, 0.2) is 5.65 Å². The Morgan fingerprint density at radius 1 is 1.07 bits per heavy atom. The van der Waals surface area contributed by atoms with Crippen LogP contribution >= 0.6 is 0 Å². The van der Waals surface area contributed by atoms with Crippen LogP contribution in [0, 0.1) is 0 Å². The monoisotopic (exact) mass is 412 g/mol. The van der Waals surface area contributed by atoms with Crippen LogP contribution < -0.4 is 4.90 Å². The van der Waals surface area contributed by atoms with Crippen molar-refractivity contribution in [1.29, 1.82) is 0 Å². The topological polar surface area (TPSA) is 104 Å². The molecular weight excluding hydrogens is 388 g/mol. The Hall–Kier alpha value is -3.33. The molecule has 9 nitrogen and oxygen atoms in total. The van der Waals surface area contributed by atoms with Gasteiger partial charge in [0.25, 0.3) is 0 Å². The average molecular weight is 412 g/mol. The number of esters is 1. The van der Waals surface area contributed by atoms with E-state index in [0.717, 1.165) is 4.90 Å². The predicted molar refractivity (Wildman–Crippen MR) is 111 cm³/mol. The van der Waals surface area contributed by atoms with Crippen LogP contribution in [-0.4, -0.2) is 52.6 Å². The third-order valence-electron chi connectivity index (χ3n) is 4.58. The van der Waals surface area contributed by atoms with Gasteiger partial charge in [0, 0.05) is 34.1 Å². The largest absolute Gasteiger partial charge is 0.462 e. The summed E-state index contributed by atoms with van der Waals surface area (Å²) in [5.41, 5.74) is 1.96. The van der Waals surface area contributed by atoms with Gasteiger partial charge < -0.3 is 14.0 Å². The first-order valence-electron chi connectivity index (χ1n) is 9.67. The van der Waals surface area contributed by atoms with Crippen LogP contribution in [0.1, 0.15) is 37.6 Å². The molecule has 0 atom stereocenters. The fourth-order valence-corrected chi connectivity index (χ4v) is 3.41. The van der Waals surface area contributed by atoms with E-state index in [-0.39, 0.29) is 23.5 Å². The molecule has 158 valence electrons. The smallest absolute Gasteiger partial charge is 0.344 e. The molecule has 0 aliphatic heterocycles. The zero-order valence-corrected chi connectivity index (χ0v) is 17.5. The molecule has 0 unspecified atom stereocenters. The maximum Gasteiger partial charge on any atom is 0.344 e. The summed E-state index contributed by atoms with van der Waals surface area (Å²) in [6, 6.07) is 7.25. The van der Waals surface area contributed by atoms with Crippen LogP contribution in [0.5, 0.6) is 0 Å². The molecule has 3 rings (SSSR count). The quantitative estimate of drug-likeness (QED) is 0.434. The minimum Gasteiger partial charge on any atom is -0.462 e. The molecule has 2 aromatic heterocycles. The molecule has 0 fully saturated rings. The van der Waals surface area contributed by atoms with Gasteiger partial charge in [-0.1, -0.05) is 12.1 Å². The van der Waals surface area contributed by atoms with Crippen LogP contribution in [0.4, 0.5) is 5.82 Å². The standard InChI is InChI=1S/C21H24N4O5/c1-5-30-21(28)17-18-19(23-16-10-7-6-9-15(16)22-18)24(11-8-12-29-4)20(17)25(13(2)26)14(3)27/h6-7,9-10H,5,8,11-12H2,1-4H3. The number of benzene rings is 1. The molecule has 0 saturated heterocycles. The van der Waals surface area contributed by atoms with Crippen LogP contribution in [-0.2, 0) is 25.6 Å². The molecule has 0 bridgehead atoms. The van der Waals surface area contributed by atoms with Crippen molar-refractivity contribution in [2.24, 2.45) is 0 Å². The van der Waals surface area contributed by atoms with Gasteiger partial charge in [-0.05, 0) is 25.5 Å². The number of methoxy groups -OCH3 is 1. The van der Waals surface area contributed by atoms with Gasteiger partial charge in [-0.2, -0.15) is 0 Å². The highest BCUT2D eigenvalue weighted by Crippen LogP contribution is 2.33. The van der Waals surface area contributed by atoms with Crippen molar-refractivity contribution in [3.05, 3.63) is 29.8 Å². The molecule has 3 aromatic rings. The van der Waals surface area contributed by atoms with Gasteiger partial charge in [0.05, 0.1) is 17.6 Å². The molecule has 0 aliphatic rings. The summed E-state index contributed by atoms with van der Waals surface area (Å²) in [6.07, 6.45) is 0.577. The van der Waals surface area contributed by atoms with E-state index in [4.69, 9.17) is 9.47 Å². The number of aromatic nitrogens is 3. The first-order chi connectivity index (χ1) is 14.4. The third kappa shape index (κ3) is 3.88. The number of imide groups is 1. The summed E-state index contributed by atoms with van der Waals surface area (Å²) in [4.78, 5) is 48.0. The molecule has 0 spiro atoms. The van der Waals surface area contributed by atoms with Gasteiger partial charge in [-0.25, -0.2) is 19.7 Å². The molecule has 9 heteroatoms. The fourth-order valence-electron chi connectivity index (χ4n) is 3.41. The zero-order chi connectivity index (χ0) is 21.8. The number of aryl methyl sites for hydroxylation is 1. The van der Waals surface area contributed by atoms with Gasteiger partial charge in [-0.3, -0.25) is 9.59 Å². The number of hydrogen-bond donors (Lipinski definition) is 0. The zero-order valence-electron chi connectivity index (χ0n) is 17.5. The number of carbonyl (C=O) groups is 3. The van der Waals surface area contributed by atoms with Crippen molar-refractivity contribution in [2.45, 2.75) is 33.7 Å². The van der Waals surface area contributed by atoms with Crippen molar-refractivity contribution in [3.8, 4) is 0 Å². The Labute approximate surface area is 173 Å². The highest BCUT2D eigenvalue weighted by molar-refractivity contribution is 6.19. The normalized spacial score (nSPS) is 11.1. The van der Waals surface area contributed by atoms with E-state index >= 15 is 0 Å². The highest BCUT2D eigenvalue weighted by Gasteiger charge is 2.33. The maximum absolute atomic E-state index is 12.9. The number of fused-ring (bicyclic) bond motifs is 2. The number of anilines is 1. The summed E-state index contributed by atoms with van der Waals surface area (Å²) in [5, 5.41) is 0. The molecular formula is C21H24N4O5. The molecule has 0 N–H and O–H groups in total. The van der Waals surface area contributed by atoms with E-state index in [9.17, 15) is 14.4 Å². The molecule has 0 radical (unpaired) electrons. The number of rotatable bonds is 7. The van der Waals surface area contributed by atoms with Crippen molar-refractivity contribution >= 4 is 45.8 Å². The lowest BCUT2D eigenvalue weighted by Gasteiger charge is -2.21. The van der Waals surface area contributed by atoms with Crippen LogP contribution in [0.15, 0.2) is 24.3 Å². The summed E-state index contributed by atoms with van der Waals surface area (Å²) in [6.45, 7) is 5.17. The Morgan fingerprint density at radius 2 is 1.70 bits per heavy atom. The predicted octanol–water partition coefficient (Wildman–Crippen LogP) is 2.70. The van der Waals surface area contributed by atoms with Crippen LogP contribution in [0.25, 0.3) is 22.2 Å². The lowest BCUT2D eigenvalue weighted by atomic mass is 10.2. The number of hydrogen-bond acceptors (Lipinski definition) is 7. The minimum absolute atomic E-state index is 0.0490. The number of carbonyl (C=O) groups excluding carboxylic acids is 3. The average Bonchev–Trinajstić information content (AvgIpc) is 2.99. The Kier molecular flexibility index (Phi) is 6.41. The molecule has 0 aliphatic carbocycles. The fraction of sp³-hybridized carbons (Fsp3) is 0.381. The Bertz CT molecular complexity index is 1110. The van der Waals surface area contributed by atoms with E-state index in [1.54, 1.807) is 24.7 Å². The minimum atomic E-state index is -0.667. The summed E-state index contributed by atoms with van der Waals surface area (Å²) in [7, 11) is 1.59. The van der Waals surface area contributed by atoms with Crippen LogP contribution in [0.3, 0.4) is 0 Å². The number of amides is 2. The summed E-state index contributed by atoms with van der Waals surface area (Å²) in [5.74, 6) is -1.59.